The fourth-order valence-electron chi connectivity index (χ4n) is 4.67. The summed E-state index contributed by atoms with van der Waals surface area (Å²) in [4.78, 5) is 16.0. The van der Waals surface area contributed by atoms with Crippen molar-refractivity contribution in [3.05, 3.63) is 75.9 Å². The maximum absolute atomic E-state index is 15.1. The number of rotatable bonds is 4. The molecule has 1 fully saturated rings. The van der Waals surface area contributed by atoms with Crippen LogP contribution in [0.25, 0.3) is 21.9 Å². The molecule has 3 heterocycles. The summed E-state index contributed by atoms with van der Waals surface area (Å²) in [7, 11) is 0. The molecular weight excluding hydrogens is 482 g/mol. The van der Waals surface area contributed by atoms with Crippen LogP contribution in [0, 0.1) is 17.6 Å². The number of carbonyl (C=O) groups is 1. The maximum atomic E-state index is 15.1. The third-order valence-corrected chi connectivity index (χ3v) is 6.75. The second-order valence-electron chi connectivity index (χ2n) is 7.97. The summed E-state index contributed by atoms with van der Waals surface area (Å²) in [5.41, 5.74) is 2.17. The van der Waals surface area contributed by atoms with Crippen LogP contribution in [0.3, 0.4) is 0 Å². The number of halogens is 3. The molecule has 1 N–H and O–H groups in total. The Labute approximate surface area is 190 Å². The molecule has 1 saturated heterocycles. The zero-order chi connectivity index (χ0) is 22.4. The molecule has 0 bridgehead atoms. The smallest absolute Gasteiger partial charge is 0.337 e. The van der Waals surface area contributed by atoms with Gasteiger partial charge in [0.25, 0.3) is 0 Å². The van der Waals surface area contributed by atoms with Crippen LogP contribution in [0.1, 0.15) is 34.8 Å². The molecule has 1 atom stereocenters. The number of carboxylic acids is 1. The van der Waals surface area contributed by atoms with E-state index in [1.54, 1.807) is 24.3 Å². The number of aromatic carboxylic acids is 1. The summed E-state index contributed by atoms with van der Waals surface area (Å²) in [6.45, 7) is 1.12. The Kier molecular flexibility index (Phi) is 5.43. The summed E-state index contributed by atoms with van der Waals surface area (Å²) in [6, 6.07) is 10.7. The molecule has 32 heavy (non-hydrogen) atoms. The number of aromatic nitrogens is 2. The maximum Gasteiger partial charge on any atom is 0.337 e. The highest BCUT2D eigenvalue weighted by atomic mass is 79.9. The van der Waals surface area contributed by atoms with Crippen molar-refractivity contribution in [1.29, 1.82) is 0 Å². The van der Waals surface area contributed by atoms with Crippen molar-refractivity contribution in [2.45, 2.75) is 18.9 Å². The Hall–Kier alpha value is -2.84. The summed E-state index contributed by atoms with van der Waals surface area (Å²) in [5.74, 6) is -1.87. The molecule has 0 radical (unpaired) electrons. The Morgan fingerprint density at radius 1 is 1.12 bits per heavy atom. The van der Waals surface area contributed by atoms with Crippen molar-refractivity contribution in [3.8, 4) is 0 Å². The second-order valence-corrected chi connectivity index (χ2v) is 8.82. The molecule has 1 aliphatic heterocycles. The van der Waals surface area contributed by atoms with Crippen molar-refractivity contribution in [2.24, 2.45) is 5.92 Å². The predicted octanol–water partition coefficient (Wildman–Crippen LogP) is 5.94. The minimum absolute atomic E-state index is 0.0142. The number of fused-ring (bicyclic) bond motifs is 3. The average Bonchev–Trinajstić information content (AvgIpc) is 3.09. The van der Waals surface area contributed by atoms with Crippen LogP contribution < -0.4 is 0 Å². The molecule has 1 aliphatic rings. The van der Waals surface area contributed by atoms with E-state index in [1.165, 1.54) is 24.4 Å². The Morgan fingerprint density at radius 2 is 1.88 bits per heavy atom. The van der Waals surface area contributed by atoms with Gasteiger partial charge >= 0.3 is 5.97 Å². The van der Waals surface area contributed by atoms with E-state index in [1.807, 2.05) is 4.57 Å². The molecule has 8 heteroatoms. The van der Waals surface area contributed by atoms with Crippen molar-refractivity contribution in [3.63, 3.8) is 0 Å². The molecule has 4 aromatic rings. The van der Waals surface area contributed by atoms with Crippen LogP contribution in [-0.4, -0.2) is 33.8 Å². The van der Waals surface area contributed by atoms with Gasteiger partial charge in [-0.05, 0) is 59.0 Å². The molecule has 0 aliphatic carbocycles. The van der Waals surface area contributed by atoms with E-state index in [4.69, 9.17) is 4.74 Å². The number of benzene rings is 2. The number of hydrogen-bond acceptors (Lipinski definition) is 3. The molecule has 1 unspecified atom stereocenters. The second kappa shape index (κ2) is 8.26. The monoisotopic (exact) mass is 500 g/mol. The number of carboxylic acid groups (broad SMARTS) is 1. The van der Waals surface area contributed by atoms with E-state index in [0.29, 0.717) is 53.6 Å². The standard InChI is InChI=1S/C24H19BrF2N2O3/c25-17-11-20-16(10-19(17)27)22-21(9-14(12-28-22)24(30)31)29(20)23(13-5-7-32-8-6-13)15-3-1-2-4-18(15)26/h1-4,9-13,23H,5-8H2,(H,30,31). The molecule has 5 nitrogen and oxygen atoms in total. The highest BCUT2D eigenvalue weighted by Crippen LogP contribution is 2.42. The summed E-state index contributed by atoms with van der Waals surface area (Å²) < 4.78 is 37.3. The van der Waals surface area contributed by atoms with Gasteiger partial charge in [0.15, 0.2) is 0 Å². The lowest BCUT2D eigenvalue weighted by Gasteiger charge is -2.33. The van der Waals surface area contributed by atoms with E-state index in [2.05, 4.69) is 20.9 Å². The first-order valence-corrected chi connectivity index (χ1v) is 11.1. The number of hydrogen-bond donors (Lipinski definition) is 1. The van der Waals surface area contributed by atoms with Crippen LogP contribution in [0.2, 0.25) is 0 Å². The highest BCUT2D eigenvalue weighted by Gasteiger charge is 2.32. The van der Waals surface area contributed by atoms with Gasteiger partial charge in [0, 0.05) is 30.4 Å². The molecule has 164 valence electrons. The normalized spacial score (nSPS) is 16.0. The zero-order valence-electron chi connectivity index (χ0n) is 16.9. The van der Waals surface area contributed by atoms with Gasteiger partial charge in [0.2, 0.25) is 0 Å². The van der Waals surface area contributed by atoms with Gasteiger partial charge < -0.3 is 14.4 Å². The third kappa shape index (κ3) is 3.47. The minimum Gasteiger partial charge on any atom is -0.478 e. The lowest BCUT2D eigenvalue weighted by atomic mass is 9.86. The molecular formula is C24H19BrF2N2O3. The lowest BCUT2D eigenvalue weighted by Crippen LogP contribution is -2.27. The molecule has 5 rings (SSSR count). The van der Waals surface area contributed by atoms with Crippen LogP contribution in [0.4, 0.5) is 8.78 Å². The van der Waals surface area contributed by atoms with Crippen LogP contribution in [0.15, 0.2) is 53.1 Å². The highest BCUT2D eigenvalue weighted by molar-refractivity contribution is 9.10. The summed E-state index contributed by atoms with van der Waals surface area (Å²) >= 11 is 3.26. The van der Waals surface area contributed by atoms with Crippen molar-refractivity contribution < 1.29 is 23.4 Å². The lowest BCUT2D eigenvalue weighted by molar-refractivity contribution is 0.0548. The van der Waals surface area contributed by atoms with E-state index in [9.17, 15) is 14.3 Å². The molecule has 0 amide bonds. The van der Waals surface area contributed by atoms with Gasteiger partial charge in [-0.3, -0.25) is 4.98 Å². The van der Waals surface area contributed by atoms with E-state index in [0.717, 1.165) is 0 Å². The Bertz CT molecular complexity index is 1350. The van der Waals surface area contributed by atoms with Gasteiger partial charge in [0.1, 0.15) is 11.6 Å². The first-order valence-electron chi connectivity index (χ1n) is 10.3. The number of nitrogens with zero attached hydrogens (tertiary/aromatic N) is 2. The molecule has 0 spiro atoms. The van der Waals surface area contributed by atoms with Crippen molar-refractivity contribution >= 4 is 43.8 Å². The van der Waals surface area contributed by atoms with Crippen molar-refractivity contribution in [1.82, 2.24) is 9.55 Å². The third-order valence-electron chi connectivity index (χ3n) is 6.14. The quantitative estimate of drug-likeness (QED) is 0.376. The van der Waals surface area contributed by atoms with Gasteiger partial charge in [-0.1, -0.05) is 18.2 Å². The predicted molar refractivity (Wildman–Crippen MR) is 120 cm³/mol. The average molecular weight is 501 g/mol. The fraction of sp³-hybridized carbons (Fsp3) is 0.250. The zero-order valence-corrected chi connectivity index (χ0v) is 18.5. The molecule has 2 aromatic carbocycles. The Balaban J connectivity index is 1.89. The largest absolute Gasteiger partial charge is 0.478 e. The first-order chi connectivity index (χ1) is 15.5. The van der Waals surface area contributed by atoms with Crippen LogP contribution >= 0.6 is 15.9 Å². The van der Waals surface area contributed by atoms with E-state index < -0.39 is 17.8 Å². The summed E-state index contributed by atoms with van der Waals surface area (Å²) in [5, 5.41) is 10.1. The first kappa shape index (κ1) is 21.0. The summed E-state index contributed by atoms with van der Waals surface area (Å²) in [6.07, 6.45) is 2.70. The number of pyridine rings is 1. The van der Waals surface area contributed by atoms with Crippen molar-refractivity contribution in [2.75, 3.05) is 13.2 Å². The molecule has 2 aromatic heterocycles. The van der Waals surface area contributed by atoms with E-state index >= 15 is 4.39 Å². The van der Waals surface area contributed by atoms with E-state index in [-0.39, 0.29) is 21.8 Å². The SMILES string of the molecule is O=C(O)c1cnc2c3cc(F)c(Br)cc3n(C(c3ccccc3F)C3CCOCC3)c2c1. The van der Waals surface area contributed by atoms with Gasteiger partial charge in [-0.25, -0.2) is 13.6 Å². The van der Waals surface area contributed by atoms with Gasteiger partial charge in [-0.2, -0.15) is 0 Å². The van der Waals surface area contributed by atoms with Crippen LogP contribution in [-0.2, 0) is 4.74 Å². The van der Waals surface area contributed by atoms with Crippen LogP contribution in [0.5, 0.6) is 0 Å². The fourth-order valence-corrected chi connectivity index (χ4v) is 5.00. The topological polar surface area (TPSA) is 64.3 Å². The molecule has 0 saturated carbocycles. The Morgan fingerprint density at radius 3 is 2.59 bits per heavy atom. The van der Waals surface area contributed by atoms with Gasteiger partial charge in [-0.15, -0.1) is 0 Å². The van der Waals surface area contributed by atoms with Gasteiger partial charge in [0.05, 0.1) is 32.6 Å². The minimum atomic E-state index is -1.11. The number of ether oxygens (including phenoxy) is 1.